The van der Waals surface area contributed by atoms with Crippen LogP contribution in [0.3, 0.4) is 0 Å². The van der Waals surface area contributed by atoms with Gasteiger partial charge in [-0.05, 0) is 37.7 Å². The lowest BCUT2D eigenvalue weighted by atomic mass is 10.0. The van der Waals surface area contributed by atoms with Gasteiger partial charge in [-0.2, -0.15) is 0 Å². The van der Waals surface area contributed by atoms with Crippen molar-refractivity contribution in [1.29, 1.82) is 0 Å². The fraction of sp³-hybridized carbons (Fsp3) is 0.500. The molecule has 0 spiro atoms. The molecule has 1 aliphatic heterocycles. The smallest absolute Gasteiger partial charge is 0.230 e. The van der Waals surface area contributed by atoms with Crippen LogP contribution in [0.1, 0.15) is 24.5 Å². The lowest BCUT2D eigenvalue weighted by Gasteiger charge is -2.19. The molecule has 0 fully saturated rings. The van der Waals surface area contributed by atoms with Crippen molar-refractivity contribution in [2.75, 3.05) is 32.1 Å². The van der Waals surface area contributed by atoms with E-state index in [4.69, 9.17) is 4.74 Å². The third kappa shape index (κ3) is 3.05. The van der Waals surface area contributed by atoms with Crippen molar-refractivity contribution in [3.05, 3.63) is 23.8 Å². The van der Waals surface area contributed by atoms with E-state index < -0.39 is 6.10 Å². The topological polar surface area (TPSA) is 61.8 Å². The van der Waals surface area contributed by atoms with Crippen molar-refractivity contribution in [3.8, 4) is 5.75 Å². The highest BCUT2D eigenvalue weighted by molar-refractivity contribution is 5.95. The molecule has 0 aromatic heterocycles. The van der Waals surface area contributed by atoms with Gasteiger partial charge < -0.3 is 20.1 Å². The number of ether oxygens (including phenoxy) is 1. The maximum atomic E-state index is 11.8. The predicted octanol–water partition coefficient (Wildman–Crippen LogP) is 1.07. The van der Waals surface area contributed by atoms with Gasteiger partial charge in [0.15, 0.2) is 0 Å². The average molecular weight is 264 g/mol. The zero-order chi connectivity index (χ0) is 13.8. The number of aliphatic hydroxyl groups excluding tert-OH is 1. The van der Waals surface area contributed by atoms with Gasteiger partial charge in [0.2, 0.25) is 5.91 Å². The lowest BCUT2D eigenvalue weighted by Crippen LogP contribution is -2.25. The Labute approximate surface area is 113 Å². The van der Waals surface area contributed by atoms with Gasteiger partial charge in [-0.3, -0.25) is 4.79 Å². The van der Waals surface area contributed by atoms with Crippen LogP contribution in [0.2, 0.25) is 0 Å². The van der Waals surface area contributed by atoms with Gasteiger partial charge in [0.1, 0.15) is 5.75 Å². The summed E-state index contributed by atoms with van der Waals surface area (Å²) < 4.78 is 5.55. The first-order valence-electron chi connectivity index (χ1n) is 6.49. The van der Waals surface area contributed by atoms with Crippen LogP contribution in [0, 0.1) is 0 Å². The Morgan fingerprint density at radius 1 is 1.53 bits per heavy atom. The Hall–Kier alpha value is -1.59. The molecule has 2 N–H and O–H groups in total. The highest BCUT2D eigenvalue weighted by atomic mass is 16.5. The molecule has 1 heterocycles. The van der Waals surface area contributed by atoms with Gasteiger partial charge in [-0.25, -0.2) is 0 Å². The van der Waals surface area contributed by atoms with Crippen LogP contribution in [0.25, 0.3) is 0 Å². The van der Waals surface area contributed by atoms with Crippen LogP contribution in [0.4, 0.5) is 5.69 Å². The molecular weight excluding hydrogens is 244 g/mol. The zero-order valence-corrected chi connectivity index (χ0v) is 11.3. The van der Waals surface area contributed by atoms with Crippen molar-refractivity contribution in [2.24, 2.45) is 0 Å². The molecule has 5 nitrogen and oxygen atoms in total. The Kier molecular flexibility index (Phi) is 4.39. The van der Waals surface area contributed by atoms with Crippen LogP contribution in [-0.2, 0) is 4.79 Å². The molecule has 1 aliphatic rings. The Balaban J connectivity index is 2.26. The largest absolute Gasteiger partial charge is 0.491 e. The quantitative estimate of drug-likeness (QED) is 0.854. The second-order valence-corrected chi connectivity index (χ2v) is 4.69. The van der Waals surface area contributed by atoms with Gasteiger partial charge in [0.25, 0.3) is 0 Å². The molecule has 0 saturated heterocycles. The summed E-state index contributed by atoms with van der Waals surface area (Å²) in [5, 5.41) is 13.1. The third-order valence-electron chi connectivity index (χ3n) is 3.34. The number of benzene rings is 1. The molecule has 1 aromatic carbocycles. The number of hydrogen-bond acceptors (Lipinski definition) is 4. The van der Waals surface area contributed by atoms with Gasteiger partial charge in [-0.1, -0.05) is 6.07 Å². The summed E-state index contributed by atoms with van der Waals surface area (Å²) in [5.41, 5.74) is 1.53. The number of fused-ring (bicyclic) bond motifs is 1. The van der Waals surface area contributed by atoms with Crippen LogP contribution in [-0.4, -0.2) is 38.3 Å². The minimum atomic E-state index is -0.537. The molecule has 5 heteroatoms. The molecule has 0 saturated carbocycles. The molecule has 0 aliphatic carbocycles. The van der Waals surface area contributed by atoms with E-state index in [2.05, 4.69) is 5.32 Å². The van der Waals surface area contributed by atoms with Gasteiger partial charge in [0, 0.05) is 7.05 Å². The summed E-state index contributed by atoms with van der Waals surface area (Å²) in [6.45, 7) is 1.14. The molecule has 104 valence electrons. The molecule has 2 rings (SSSR count). The van der Waals surface area contributed by atoms with Crippen LogP contribution < -0.4 is 15.0 Å². The average Bonchev–Trinajstić information content (AvgIpc) is 2.56. The number of hydrogen-bond donors (Lipinski definition) is 2. The zero-order valence-electron chi connectivity index (χ0n) is 11.3. The van der Waals surface area contributed by atoms with Crippen molar-refractivity contribution in [2.45, 2.75) is 18.9 Å². The summed E-state index contributed by atoms with van der Waals surface area (Å²) >= 11 is 0. The van der Waals surface area contributed by atoms with E-state index in [0.717, 1.165) is 17.8 Å². The first kappa shape index (κ1) is 13.8. The number of amides is 1. The number of anilines is 1. The van der Waals surface area contributed by atoms with Crippen molar-refractivity contribution < 1.29 is 14.6 Å². The summed E-state index contributed by atoms with van der Waals surface area (Å²) in [5.74, 6) is 0.721. The maximum Gasteiger partial charge on any atom is 0.230 e. The number of carbonyl (C=O) groups excluding carboxylic acids is 1. The number of aliphatic hydroxyl groups is 1. The standard InChI is InChI=1S/C14H20N2O3/c1-15-7-5-12(17)10-3-4-13-11(9-10)16(2)14(18)6-8-19-13/h3-4,9,12,15,17H,5-8H2,1-2H3. The van der Waals surface area contributed by atoms with E-state index in [1.807, 2.05) is 25.2 Å². The van der Waals surface area contributed by atoms with Crippen LogP contribution in [0.15, 0.2) is 18.2 Å². The number of carbonyl (C=O) groups is 1. The van der Waals surface area contributed by atoms with E-state index >= 15 is 0 Å². The van der Waals surface area contributed by atoms with E-state index in [9.17, 15) is 9.90 Å². The summed E-state index contributed by atoms with van der Waals surface area (Å²) in [4.78, 5) is 13.4. The van der Waals surface area contributed by atoms with E-state index in [1.54, 1.807) is 11.9 Å². The number of nitrogens with zero attached hydrogens (tertiary/aromatic N) is 1. The SMILES string of the molecule is CNCCC(O)c1ccc2c(c1)N(C)C(=O)CCO2. The van der Waals surface area contributed by atoms with Crippen LogP contribution >= 0.6 is 0 Å². The molecule has 1 unspecified atom stereocenters. The van der Waals surface area contributed by atoms with Crippen LogP contribution in [0.5, 0.6) is 5.75 Å². The minimum absolute atomic E-state index is 0.0283. The second-order valence-electron chi connectivity index (χ2n) is 4.69. The van der Waals surface area contributed by atoms with E-state index in [0.29, 0.717) is 25.2 Å². The van der Waals surface area contributed by atoms with E-state index in [1.165, 1.54) is 0 Å². The van der Waals surface area contributed by atoms with Gasteiger partial charge in [0.05, 0.1) is 24.8 Å². The first-order chi connectivity index (χ1) is 9.13. The Morgan fingerprint density at radius 3 is 3.05 bits per heavy atom. The molecule has 1 aromatic rings. The highest BCUT2D eigenvalue weighted by Crippen LogP contribution is 2.33. The molecule has 19 heavy (non-hydrogen) atoms. The highest BCUT2D eigenvalue weighted by Gasteiger charge is 2.21. The fourth-order valence-electron chi connectivity index (χ4n) is 2.12. The summed E-state index contributed by atoms with van der Waals surface area (Å²) in [6, 6.07) is 5.50. The summed E-state index contributed by atoms with van der Waals surface area (Å²) in [7, 11) is 3.59. The van der Waals surface area contributed by atoms with Crippen molar-refractivity contribution >= 4 is 11.6 Å². The molecule has 0 radical (unpaired) electrons. The molecule has 1 amide bonds. The van der Waals surface area contributed by atoms with Crippen molar-refractivity contribution in [3.63, 3.8) is 0 Å². The molecule has 0 bridgehead atoms. The molecule has 1 atom stereocenters. The van der Waals surface area contributed by atoms with Crippen molar-refractivity contribution in [1.82, 2.24) is 5.32 Å². The fourth-order valence-corrected chi connectivity index (χ4v) is 2.12. The van der Waals surface area contributed by atoms with Gasteiger partial charge in [-0.15, -0.1) is 0 Å². The van der Waals surface area contributed by atoms with Gasteiger partial charge >= 0.3 is 0 Å². The maximum absolute atomic E-state index is 11.8. The minimum Gasteiger partial charge on any atom is -0.491 e. The number of nitrogens with one attached hydrogen (secondary N) is 1. The monoisotopic (exact) mass is 264 g/mol. The van der Waals surface area contributed by atoms with E-state index in [-0.39, 0.29) is 5.91 Å². The Morgan fingerprint density at radius 2 is 2.32 bits per heavy atom. The second kappa shape index (κ2) is 6.04. The first-order valence-corrected chi connectivity index (χ1v) is 6.49. The Bertz CT molecular complexity index is 462. The number of rotatable bonds is 4. The predicted molar refractivity (Wildman–Crippen MR) is 73.5 cm³/mol. The normalized spacial score (nSPS) is 16.6. The lowest BCUT2D eigenvalue weighted by molar-refractivity contribution is -0.118. The molecular formula is C14H20N2O3. The summed E-state index contributed by atoms with van der Waals surface area (Å²) in [6.07, 6.45) is 0.473. The third-order valence-corrected chi connectivity index (χ3v) is 3.34.